The van der Waals surface area contributed by atoms with Gasteiger partial charge in [-0.15, -0.1) is 0 Å². The Labute approximate surface area is 128 Å². The number of hydrogen-bond donors (Lipinski definition) is 1. The normalized spacial score (nSPS) is 15.0. The lowest BCUT2D eigenvalue weighted by Gasteiger charge is -2.25. The molecule has 1 heterocycles. The first-order valence-corrected chi connectivity index (χ1v) is 7.05. The van der Waals surface area contributed by atoms with Gasteiger partial charge in [0.1, 0.15) is 0 Å². The summed E-state index contributed by atoms with van der Waals surface area (Å²) in [6, 6.07) is 2.34. The molecule has 1 aliphatic heterocycles. The molecule has 1 aromatic rings. The van der Waals surface area contributed by atoms with E-state index in [4.69, 9.17) is 4.74 Å². The first-order chi connectivity index (χ1) is 10.5. The SMILES string of the molecule is COc1cc([N+](=O)[O-])cc(C=CC(=O)N2CCCCC2)c1O. The number of methoxy groups -OCH3 is 1. The molecule has 0 bridgehead atoms. The number of nitrogens with zero attached hydrogens (tertiary/aromatic N) is 2. The topological polar surface area (TPSA) is 92.9 Å². The van der Waals surface area contributed by atoms with E-state index in [-0.39, 0.29) is 28.7 Å². The number of likely N-dealkylation sites (tertiary alicyclic amines) is 1. The zero-order valence-corrected chi connectivity index (χ0v) is 12.3. The van der Waals surface area contributed by atoms with E-state index >= 15 is 0 Å². The Bertz CT molecular complexity index is 606. The second kappa shape index (κ2) is 6.93. The van der Waals surface area contributed by atoms with Crippen LogP contribution >= 0.6 is 0 Å². The van der Waals surface area contributed by atoms with Crippen LogP contribution in [-0.4, -0.2) is 41.0 Å². The molecule has 0 spiro atoms. The van der Waals surface area contributed by atoms with Crippen LogP contribution in [0.4, 0.5) is 5.69 Å². The average Bonchev–Trinajstić information content (AvgIpc) is 2.54. The molecule has 0 unspecified atom stereocenters. The van der Waals surface area contributed by atoms with E-state index in [9.17, 15) is 20.0 Å². The summed E-state index contributed by atoms with van der Waals surface area (Å²) in [5.41, 5.74) is -0.0314. The summed E-state index contributed by atoms with van der Waals surface area (Å²) in [6.45, 7) is 1.43. The summed E-state index contributed by atoms with van der Waals surface area (Å²) in [5.74, 6) is -0.389. The number of carbonyl (C=O) groups excluding carboxylic acids is 1. The van der Waals surface area contributed by atoms with Crippen LogP contribution < -0.4 is 4.74 Å². The van der Waals surface area contributed by atoms with Gasteiger partial charge in [0.15, 0.2) is 11.5 Å². The lowest BCUT2D eigenvalue weighted by Crippen LogP contribution is -2.34. The Balaban J connectivity index is 2.23. The highest BCUT2D eigenvalue weighted by Gasteiger charge is 2.17. The molecule has 1 aromatic carbocycles. The quantitative estimate of drug-likeness (QED) is 0.523. The second-order valence-electron chi connectivity index (χ2n) is 5.06. The van der Waals surface area contributed by atoms with Gasteiger partial charge in [0, 0.05) is 30.8 Å². The molecule has 0 atom stereocenters. The van der Waals surface area contributed by atoms with Crippen molar-refractivity contribution in [2.45, 2.75) is 19.3 Å². The van der Waals surface area contributed by atoms with Gasteiger partial charge in [-0.1, -0.05) is 0 Å². The Morgan fingerprint density at radius 3 is 2.64 bits per heavy atom. The number of piperidine rings is 1. The van der Waals surface area contributed by atoms with E-state index in [0.717, 1.165) is 25.3 Å². The predicted octanol–water partition coefficient (Wildman–Crippen LogP) is 2.33. The number of carbonyl (C=O) groups is 1. The molecular formula is C15H18N2O5. The summed E-state index contributed by atoms with van der Waals surface area (Å²) in [6.07, 6.45) is 5.78. The first-order valence-electron chi connectivity index (χ1n) is 7.05. The summed E-state index contributed by atoms with van der Waals surface area (Å²) < 4.78 is 4.92. The van der Waals surface area contributed by atoms with Crippen LogP contribution in [0.25, 0.3) is 6.08 Å². The summed E-state index contributed by atoms with van der Waals surface area (Å²) in [4.78, 5) is 24.1. The van der Waals surface area contributed by atoms with Gasteiger partial charge in [0.05, 0.1) is 18.1 Å². The number of hydrogen-bond acceptors (Lipinski definition) is 5. The van der Waals surface area contributed by atoms with E-state index < -0.39 is 4.92 Å². The van der Waals surface area contributed by atoms with Crippen molar-refractivity contribution in [2.75, 3.05) is 20.2 Å². The Kier molecular flexibility index (Phi) is 4.98. The number of nitro groups is 1. The number of phenolic OH excluding ortho intramolecular Hbond substituents is 1. The van der Waals surface area contributed by atoms with Crippen LogP contribution in [0.1, 0.15) is 24.8 Å². The molecule has 0 saturated carbocycles. The zero-order chi connectivity index (χ0) is 16.1. The van der Waals surface area contributed by atoms with Gasteiger partial charge in [-0.05, 0) is 25.3 Å². The second-order valence-corrected chi connectivity index (χ2v) is 5.06. The molecule has 0 aliphatic carbocycles. The Morgan fingerprint density at radius 1 is 1.36 bits per heavy atom. The van der Waals surface area contributed by atoms with Crippen molar-refractivity contribution >= 4 is 17.7 Å². The van der Waals surface area contributed by atoms with Gasteiger partial charge in [-0.2, -0.15) is 0 Å². The summed E-state index contributed by atoms with van der Waals surface area (Å²) >= 11 is 0. The molecule has 1 fully saturated rings. The third-order valence-corrected chi connectivity index (χ3v) is 3.59. The highest BCUT2D eigenvalue weighted by molar-refractivity contribution is 5.92. The molecule has 22 heavy (non-hydrogen) atoms. The van der Waals surface area contributed by atoms with E-state index in [1.807, 2.05) is 0 Å². The molecular weight excluding hydrogens is 288 g/mol. The molecule has 1 amide bonds. The molecule has 1 saturated heterocycles. The predicted molar refractivity (Wildman–Crippen MR) is 80.8 cm³/mol. The van der Waals surface area contributed by atoms with E-state index in [1.54, 1.807) is 4.90 Å². The van der Waals surface area contributed by atoms with Crippen LogP contribution in [0, 0.1) is 10.1 Å². The molecule has 7 nitrogen and oxygen atoms in total. The first kappa shape index (κ1) is 15.8. The van der Waals surface area contributed by atoms with Crippen LogP contribution in [0.3, 0.4) is 0 Å². The van der Waals surface area contributed by atoms with Crippen LogP contribution in [0.15, 0.2) is 18.2 Å². The molecule has 1 N–H and O–H groups in total. The van der Waals surface area contributed by atoms with Crippen molar-refractivity contribution < 1.29 is 19.6 Å². The molecule has 118 valence electrons. The molecule has 0 aromatic heterocycles. The van der Waals surface area contributed by atoms with Crippen LogP contribution in [0.5, 0.6) is 11.5 Å². The van der Waals surface area contributed by atoms with Crippen LogP contribution in [-0.2, 0) is 4.79 Å². The number of amides is 1. The maximum Gasteiger partial charge on any atom is 0.274 e. The third kappa shape index (κ3) is 3.55. The Hall–Kier alpha value is -2.57. The number of ether oxygens (including phenoxy) is 1. The van der Waals surface area contributed by atoms with Crippen molar-refractivity contribution in [3.05, 3.63) is 33.9 Å². The summed E-state index contributed by atoms with van der Waals surface area (Å²) in [5, 5.41) is 20.9. The standard InChI is InChI=1S/C15H18N2O5/c1-22-13-10-12(17(20)21)9-11(15(13)19)5-6-14(18)16-7-3-2-4-8-16/h5-6,9-10,19H,2-4,7-8H2,1H3. The number of aromatic hydroxyl groups is 1. The van der Waals surface area contributed by atoms with Crippen molar-refractivity contribution in [2.24, 2.45) is 0 Å². The maximum atomic E-state index is 12.0. The monoisotopic (exact) mass is 306 g/mol. The van der Waals surface area contributed by atoms with Gasteiger partial charge in [0.2, 0.25) is 5.91 Å². The van der Waals surface area contributed by atoms with Crippen molar-refractivity contribution in [3.63, 3.8) is 0 Å². The van der Waals surface area contributed by atoms with Gasteiger partial charge in [-0.3, -0.25) is 14.9 Å². The Morgan fingerprint density at radius 2 is 2.05 bits per heavy atom. The van der Waals surface area contributed by atoms with Crippen LogP contribution in [0.2, 0.25) is 0 Å². The summed E-state index contributed by atoms with van der Waals surface area (Å²) in [7, 11) is 1.31. The fourth-order valence-corrected chi connectivity index (χ4v) is 2.38. The minimum Gasteiger partial charge on any atom is -0.504 e. The zero-order valence-electron chi connectivity index (χ0n) is 12.3. The number of rotatable bonds is 4. The molecule has 2 rings (SSSR count). The highest BCUT2D eigenvalue weighted by Crippen LogP contribution is 2.35. The lowest BCUT2D eigenvalue weighted by molar-refractivity contribution is -0.385. The largest absolute Gasteiger partial charge is 0.504 e. The number of benzene rings is 1. The average molecular weight is 306 g/mol. The smallest absolute Gasteiger partial charge is 0.274 e. The highest BCUT2D eigenvalue weighted by atomic mass is 16.6. The van der Waals surface area contributed by atoms with E-state index in [0.29, 0.717) is 13.1 Å². The minimum atomic E-state index is -0.578. The number of non-ortho nitro benzene ring substituents is 1. The number of nitro benzene ring substituents is 1. The van der Waals surface area contributed by atoms with E-state index in [1.165, 1.54) is 25.3 Å². The van der Waals surface area contributed by atoms with Gasteiger partial charge in [-0.25, -0.2) is 0 Å². The molecule has 7 heteroatoms. The van der Waals surface area contributed by atoms with Crippen molar-refractivity contribution in [1.82, 2.24) is 4.90 Å². The van der Waals surface area contributed by atoms with Gasteiger partial charge in [0.25, 0.3) is 5.69 Å². The van der Waals surface area contributed by atoms with Gasteiger partial charge >= 0.3 is 0 Å². The molecule has 0 radical (unpaired) electrons. The number of phenols is 1. The fourth-order valence-electron chi connectivity index (χ4n) is 2.38. The van der Waals surface area contributed by atoms with Crippen molar-refractivity contribution in [1.29, 1.82) is 0 Å². The van der Waals surface area contributed by atoms with Gasteiger partial charge < -0.3 is 14.7 Å². The van der Waals surface area contributed by atoms with E-state index in [2.05, 4.69) is 0 Å². The third-order valence-electron chi connectivity index (χ3n) is 3.59. The van der Waals surface area contributed by atoms with Crippen molar-refractivity contribution in [3.8, 4) is 11.5 Å². The molecule has 1 aliphatic rings. The fraction of sp³-hybridized carbons (Fsp3) is 0.400. The minimum absolute atomic E-state index is 0.000675. The maximum absolute atomic E-state index is 12.0. The lowest BCUT2D eigenvalue weighted by atomic mass is 10.1.